The molecule has 1 aromatic carbocycles. The fourth-order valence-electron chi connectivity index (χ4n) is 4.51. The summed E-state index contributed by atoms with van der Waals surface area (Å²) in [5.74, 6) is -0.0563. The molecule has 3 atom stereocenters. The van der Waals surface area contributed by atoms with Crippen molar-refractivity contribution < 1.29 is 14.0 Å². The molecule has 1 N–H and O–H groups in total. The zero-order valence-electron chi connectivity index (χ0n) is 15.4. The van der Waals surface area contributed by atoms with Gasteiger partial charge in [0, 0.05) is 44.6 Å². The second-order valence-corrected chi connectivity index (χ2v) is 7.75. The molecule has 4 rings (SSSR count). The number of aromatic amines is 1. The van der Waals surface area contributed by atoms with Gasteiger partial charge >= 0.3 is 0 Å². The van der Waals surface area contributed by atoms with Gasteiger partial charge in [0.05, 0.1) is 5.52 Å². The topological polar surface area (TPSA) is 73.5 Å². The number of para-hydroxylation sites is 1. The van der Waals surface area contributed by atoms with E-state index < -0.39 is 5.82 Å². The van der Waals surface area contributed by atoms with E-state index in [1.165, 1.54) is 24.3 Å². The van der Waals surface area contributed by atoms with Crippen LogP contribution >= 0.6 is 0 Å². The fourth-order valence-corrected chi connectivity index (χ4v) is 4.51. The molecule has 27 heavy (non-hydrogen) atoms. The Labute approximate surface area is 156 Å². The molecule has 2 aliphatic rings. The van der Waals surface area contributed by atoms with Crippen LogP contribution in [0, 0.1) is 17.7 Å². The summed E-state index contributed by atoms with van der Waals surface area (Å²) in [4.78, 5) is 43.3. The first-order chi connectivity index (χ1) is 12.8. The van der Waals surface area contributed by atoms with E-state index in [-0.39, 0.29) is 39.9 Å². The lowest BCUT2D eigenvalue weighted by Crippen LogP contribution is -2.40. The zero-order chi connectivity index (χ0) is 19.3. The van der Waals surface area contributed by atoms with Crippen molar-refractivity contribution >= 4 is 22.7 Å². The van der Waals surface area contributed by atoms with Gasteiger partial charge in [-0.3, -0.25) is 14.4 Å². The highest BCUT2D eigenvalue weighted by molar-refractivity contribution is 5.95. The predicted octanol–water partition coefficient (Wildman–Crippen LogP) is 2.00. The molecule has 1 aliphatic carbocycles. The van der Waals surface area contributed by atoms with E-state index in [4.69, 9.17) is 0 Å². The number of hydrogen-bond donors (Lipinski definition) is 1. The molecule has 142 valence electrons. The first kappa shape index (κ1) is 17.7. The van der Waals surface area contributed by atoms with Crippen molar-refractivity contribution in [1.82, 2.24) is 14.8 Å². The van der Waals surface area contributed by atoms with Crippen LogP contribution in [0.25, 0.3) is 10.9 Å². The van der Waals surface area contributed by atoms with Crippen LogP contribution in [-0.2, 0) is 4.79 Å². The Morgan fingerprint density at radius 3 is 2.78 bits per heavy atom. The molecular formula is C20H22FN3O3. The number of pyridine rings is 1. The Kier molecular flexibility index (Phi) is 4.25. The third kappa shape index (κ3) is 3.01. The molecule has 2 aromatic rings. The number of H-pyrrole nitrogens is 1. The number of hydrogen-bond acceptors (Lipinski definition) is 3. The molecule has 6 nitrogen and oxygen atoms in total. The lowest BCUT2D eigenvalue weighted by Gasteiger charge is -2.31. The molecule has 0 spiro atoms. The molecular weight excluding hydrogens is 349 g/mol. The number of nitrogens with one attached hydrogen (secondary N) is 1. The number of halogens is 1. The lowest BCUT2D eigenvalue weighted by molar-refractivity contribution is -0.134. The Balaban J connectivity index is 1.58. The van der Waals surface area contributed by atoms with Crippen molar-refractivity contribution in [2.24, 2.45) is 11.8 Å². The normalized spacial score (nSPS) is 24.9. The number of carbonyl (C=O) groups excluding carboxylic acids is 2. The van der Waals surface area contributed by atoms with E-state index in [0.29, 0.717) is 18.3 Å². The second kappa shape index (κ2) is 6.48. The van der Waals surface area contributed by atoms with Crippen LogP contribution in [0.3, 0.4) is 0 Å². The number of amides is 2. The standard InChI is InChI=1S/C20H22FN3O3/c1-23-10-12-7-13(6-11(12)8-18(23)26)24(2)20(27)16-9-17(25)14-4-3-5-15(21)19(14)22-16/h3-5,9,11-13H,6-8,10H2,1-2H3,(H,22,25)/t11-,12+,13-/m1/s1. The maximum absolute atomic E-state index is 14.1. The van der Waals surface area contributed by atoms with Crippen molar-refractivity contribution in [2.45, 2.75) is 25.3 Å². The molecule has 2 fully saturated rings. The van der Waals surface area contributed by atoms with Gasteiger partial charge in [-0.25, -0.2) is 4.39 Å². The van der Waals surface area contributed by atoms with Gasteiger partial charge in [-0.15, -0.1) is 0 Å². The Bertz CT molecular complexity index is 986. The van der Waals surface area contributed by atoms with E-state index in [1.807, 2.05) is 7.05 Å². The largest absolute Gasteiger partial charge is 0.348 e. The molecule has 1 aliphatic heterocycles. The van der Waals surface area contributed by atoms with E-state index in [1.54, 1.807) is 16.8 Å². The SMILES string of the molecule is CN1C[C@@H]2C[C@H](N(C)C(=O)c3cc(=O)c4cccc(F)c4[nH]3)C[C@@H]2CC1=O. The molecule has 0 radical (unpaired) electrons. The number of rotatable bonds is 2. The molecule has 0 bridgehead atoms. The van der Waals surface area contributed by atoms with Gasteiger partial charge in [0.2, 0.25) is 5.91 Å². The Morgan fingerprint density at radius 1 is 1.26 bits per heavy atom. The second-order valence-electron chi connectivity index (χ2n) is 7.75. The summed E-state index contributed by atoms with van der Waals surface area (Å²) in [6, 6.07) is 5.50. The molecule has 1 aromatic heterocycles. The van der Waals surface area contributed by atoms with E-state index in [9.17, 15) is 18.8 Å². The van der Waals surface area contributed by atoms with E-state index in [2.05, 4.69) is 4.98 Å². The summed E-state index contributed by atoms with van der Waals surface area (Å²) in [6.45, 7) is 0.722. The highest BCUT2D eigenvalue weighted by atomic mass is 19.1. The molecule has 2 heterocycles. The van der Waals surface area contributed by atoms with Crippen LogP contribution in [0.5, 0.6) is 0 Å². The number of nitrogens with zero attached hydrogens (tertiary/aromatic N) is 2. The number of carbonyl (C=O) groups is 2. The third-order valence-electron chi connectivity index (χ3n) is 6.10. The summed E-state index contributed by atoms with van der Waals surface area (Å²) in [5, 5.41) is 0.225. The molecule has 0 unspecified atom stereocenters. The van der Waals surface area contributed by atoms with Gasteiger partial charge in [0.1, 0.15) is 11.5 Å². The number of likely N-dealkylation sites (tertiary alicyclic amines) is 1. The van der Waals surface area contributed by atoms with Crippen molar-refractivity contribution in [3.8, 4) is 0 Å². The number of piperidine rings is 1. The van der Waals surface area contributed by atoms with Crippen LogP contribution < -0.4 is 5.43 Å². The summed E-state index contributed by atoms with van der Waals surface area (Å²) in [6.07, 6.45) is 2.13. The summed E-state index contributed by atoms with van der Waals surface area (Å²) in [7, 11) is 3.52. The van der Waals surface area contributed by atoms with Crippen LogP contribution in [0.2, 0.25) is 0 Å². The van der Waals surface area contributed by atoms with Gasteiger partial charge in [0.25, 0.3) is 5.91 Å². The summed E-state index contributed by atoms with van der Waals surface area (Å²) >= 11 is 0. The van der Waals surface area contributed by atoms with Crippen molar-refractivity contribution in [3.63, 3.8) is 0 Å². The maximum atomic E-state index is 14.1. The minimum absolute atomic E-state index is 0.00613. The smallest absolute Gasteiger partial charge is 0.270 e. The first-order valence-corrected chi connectivity index (χ1v) is 9.18. The summed E-state index contributed by atoms with van der Waals surface area (Å²) in [5.41, 5.74) is -0.246. The van der Waals surface area contributed by atoms with Gasteiger partial charge in [0.15, 0.2) is 5.43 Å². The number of aromatic nitrogens is 1. The monoisotopic (exact) mass is 371 g/mol. The fraction of sp³-hybridized carbons (Fsp3) is 0.450. The van der Waals surface area contributed by atoms with E-state index >= 15 is 0 Å². The maximum Gasteiger partial charge on any atom is 0.270 e. The van der Waals surface area contributed by atoms with Crippen LogP contribution in [-0.4, -0.2) is 53.3 Å². The number of benzene rings is 1. The summed E-state index contributed by atoms with van der Waals surface area (Å²) < 4.78 is 14.1. The van der Waals surface area contributed by atoms with Gasteiger partial charge in [-0.1, -0.05) is 6.07 Å². The Hall–Kier alpha value is -2.70. The highest BCUT2D eigenvalue weighted by Gasteiger charge is 2.42. The van der Waals surface area contributed by atoms with Crippen molar-refractivity contribution in [1.29, 1.82) is 0 Å². The number of fused-ring (bicyclic) bond motifs is 2. The highest BCUT2D eigenvalue weighted by Crippen LogP contribution is 2.40. The van der Waals surface area contributed by atoms with Crippen molar-refractivity contribution in [3.05, 3.63) is 46.0 Å². The van der Waals surface area contributed by atoms with Gasteiger partial charge in [-0.2, -0.15) is 0 Å². The minimum Gasteiger partial charge on any atom is -0.348 e. The molecule has 1 saturated carbocycles. The first-order valence-electron chi connectivity index (χ1n) is 9.18. The molecule has 2 amide bonds. The molecule has 1 saturated heterocycles. The average Bonchev–Trinajstić information content (AvgIpc) is 3.04. The molecule has 7 heteroatoms. The predicted molar refractivity (Wildman–Crippen MR) is 98.9 cm³/mol. The lowest BCUT2D eigenvalue weighted by atomic mass is 9.88. The van der Waals surface area contributed by atoms with Crippen molar-refractivity contribution in [2.75, 3.05) is 20.6 Å². The van der Waals surface area contributed by atoms with Crippen LogP contribution in [0.1, 0.15) is 29.8 Å². The average molecular weight is 371 g/mol. The van der Waals surface area contributed by atoms with Gasteiger partial charge in [-0.05, 0) is 36.8 Å². The van der Waals surface area contributed by atoms with E-state index in [0.717, 1.165) is 19.4 Å². The van der Waals surface area contributed by atoms with Crippen LogP contribution in [0.15, 0.2) is 29.1 Å². The minimum atomic E-state index is -0.560. The zero-order valence-corrected chi connectivity index (χ0v) is 15.4. The third-order valence-corrected chi connectivity index (χ3v) is 6.10. The van der Waals surface area contributed by atoms with Crippen LogP contribution in [0.4, 0.5) is 4.39 Å². The van der Waals surface area contributed by atoms with Gasteiger partial charge < -0.3 is 14.8 Å². The Morgan fingerprint density at radius 2 is 2.00 bits per heavy atom. The quantitative estimate of drug-likeness (QED) is 0.878.